The molecule has 1 saturated carbocycles. The van der Waals surface area contributed by atoms with Crippen molar-refractivity contribution in [1.82, 2.24) is 4.90 Å². The van der Waals surface area contributed by atoms with Crippen LogP contribution in [0.5, 0.6) is 0 Å². The molecular formula is C10H21NNaO5P. The third-order valence-electron chi connectivity index (χ3n) is 3.16. The zero-order chi connectivity index (χ0) is 12.9. The van der Waals surface area contributed by atoms with Crippen molar-refractivity contribution in [1.29, 1.82) is 0 Å². The van der Waals surface area contributed by atoms with E-state index in [0.717, 1.165) is 19.3 Å². The molecule has 0 bridgehead atoms. The summed E-state index contributed by atoms with van der Waals surface area (Å²) in [6.45, 7) is 0.186. The third-order valence-corrected chi connectivity index (χ3v) is 4.06. The Kier molecular flexibility index (Phi) is 8.26. The van der Waals surface area contributed by atoms with Crippen molar-refractivity contribution in [2.45, 2.75) is 44.2 Å². The van der Waals surface area contributed by atoms with Crippen molar-refractivity contribution in [2.24, 2.45) is 0 Å². The number of carbonyl (C=O) groups is 1. The van der Waals surface area contributed by atoms with Gasteiger partial charge in [0, 0.05) is 6.54 Å². The summed E-state index contributed by atoms with van der Waals surface area (Å²) in [6, 6.07) is 0. The SMILES string of the molecule is O=CN(CCCP(=O)(O)O)C1(O)CCCCC1.[NaH]. The first-order chi connectivity index (χ1) is 7.87. The molecule has 1 aliphatic carbocycles. The molecule has 0 heterocycles. The maximum absolute atomic E-state index is 10.9. The molecule has 1 aliphatic rings. The predicted molar refractivity (Wildman–Crippen MR) is 69.5 cm³/mol. The van der Waals surface area contributed by atoms with E-state index in [4.69, 9.17) is 9.79 Å². The molecule has 0 unspecified atom stereocenters. The van der Waals surface area contributed by atoms with Gasteiger partial charge in [-0.15, -0.1) is 0 Å². The zero-order valence-electron chi connectivity index (χ0n) is 9.79. The minimum atomic E-state index is -4.02. The van der Waals surface area contributed by atoms with E-state index in [2.05, 4.69) is 0 Å². The Labute approximate surface area is 129 Å². The average molecular weight is 289 g/mol. The number of amides is 1. The standard InChI is InChI=1S/C10H20NO5P.Na.H/c12-9-11(7-4-8-17(14,15)16)10(13)5-2-1-3-6-10;;/h9,13H,1-8H2,(H2,14,15,16);;. The van der Waals surface area contributed by atoms with Crippen molar-refractivity contribution in [2.75, 3.05) is 12.7 Å². The molecule has 3 N–H and O–H groups in total. The van der Waals surface area contributed by atoms with Crippen molar-refractivity contribution in [3.63, 3.8) is 0 Å². The molecule has 0 atom stereocenters. The molecule has 102 valence electrons. The molecule has 6 nitrogen and oxygen atoms in total. The first-order valence-corrected chi connectivity index (χ1v) is 7.66. The van der Waals surface area contributed by atoms with Crippen molar-refractivity contribution in [3.8, 4) is 0 Å². The van der Waals surface area contributed by atoms with Gasteiger partial charge in [-0.2, -0.15) is 0 Å². The molecule has 8 heteroatoms. The van der Waals surface area contributed by atoms with Crippen LogP contribution in [0.1, 0.15) is 38.5 Å². The first kappa shape index (κ1) is 18.6. The zero-order valence-corrected chi connectivity index (χ0v) is 10.7. The monoisotopic (exact) mass is 289 g/mol. The van der Waals surface area contributed by atoms with Gasteiger partial charge in [-0.1, -0.05) is 6.42 Å². The molecule has 0 spiro atoms. The number of hydrogen-bond acceptors (Lipinski definition) is 3. The van der Waals surface area contributed by atoms with Crippen molar-refractivity contribution >= 4 is 43.6 Å². The van der Waals surface area contributed by atoms with Crippen LogP contribution in [-0.4, -0.2) is 74.2 Å². The van der Waals surface area contributed by atoms with E-state index < -0.39 is 13.3 Å². The summed E-state index contributed by atoms with van der Waals surface area (Å²) in [5.41, 5.74) is -1.12. The fourth-order valence-corrected chi connectivity index (χ4v) is 2.76. The molecule has 1 amide bonds. The van der Waals surface area contributed by atoms with Gasteiger partial charge in [-0.05, 0) is 32.1 Å². The third kappa shape index (κ3) is 6.15. The Morgan fingerprint density at radius 3 is 2.22 bits per heavy atom. The number of carbonyl (C=O) groups excluding carboxylic acids is 1. The molecule has 0 aliphatic heterocycles. The number of hydrogen-bond donors (Lipinski definition) is 3. The van der Waals surface area contributed by atoms with E-state index >= 15 is 0 Å². The second-order valence-corrected chi connectivity index (χ2v) is 6.36. The van der Waals surface area contributed by atoms with E-state index in [0.29, 0.717) is 19.3 Å². The summed E-state index contributed by atoms with van der Waals surface area (Å²) in [5, 5.41) is 10.3. The van der Waals surface area contributed by atoms with Crippen LogP contribution in [0.15, 0.2) is 0 Å². The first-order valence-electron chi connectivity index (χ1n) is 5.86. The Balaban J connectivity index is 0.00000289. The van der Waals surface area contributed by atoms with Gasteiger partial charge in [0.1, 0.15) is 5.72 Å². The van der Waals surface area contributed by atoms with Gasteiger partial charge in [0.25, 0.3) is 0 Å². The second kappa shape index (κ2) is 8.00. The molecule has 0 aromatic heterocycles. The molecule has 18 heavy (non-hydrogen) atoms. The minimum absolute atomic E-state index is 0. The molecule has 0 aromatic carbocycles. The fraction of sp³-hybridized carbons (Fsp3) is 0.900. The maximum atomic E-state index is 10.9. The van der Waals surface area contributed by atoms with Gasteiger partial charge >= 0.3 is 37.2 Å². The summed E-state index contributed by atoms with van der Waals surface area (Å²) < 4.78 is 10.7. The van der Waals surface area contributed by atoms with E-state index in [1.807, 2.05) is 0 Å². The Hall–Kier alpha value is 0.580. The van der Waals surface area contributed by atoms with E-state index in [-0.39, 0.29) is 48.7 Å². The molecule has 0 aromatic rings. The summed E-state index contributed by atoms with van der Waals surface area (Å²) in [4.78, 5) is 29.7. The van der Waals surface area contributed by atoms with E-state index in [1.54, 1.807) is 0 Å². The Bertz CT molecular complexity index is 303. The van der Waals surface area contributed by atoms with Crippen LogP contribution >= 0.6 is 7.60 Å². The Morgan fingerprint density at radius 1 is 1.22 bits per heavy atom. The van der Waals surface area contributed by atoms with E-state index in [1.165, 1.54) is 4.90 Å². The van der Waals surface area contributed by atoms with Gasteiger partial charge < -0.3 is 19.8 Å². The molecule has 0 radical (unpaired) electrons. The number of rotatable bonds is 6. The fourth-order valence-electron chi connectivity index (χ4n) is 2.21. The van der Waals surface area contributed by atoms with Crippen LogP contribution < -0.4 is 0 Å². The van der Waals surface area contributed by atoms with Gasteiger partial charge in [0.15, 0.2) is 0 Å². The molecule has 1 rings (SSSR count). The number of nitrogens with zero attached hydrogens (tertiary/aromatic N) is 1. The normalized spacial score (nSPS) is 18.8. The number of aliphatic hydroxyl groups is 1. The van der Waals surface area contributed by atoms with Crippen LogP contribution in [0, 0.1) is 0 Å². The quantitative estimate of drug-likeness (QED) is 0.277. The van der Waals surface area contributed by atoms with Gasteiger partial charge in [0.2, 0.25) is 6.41 Å². The van der Waals surface area contributed by atoms with Gasteiger partial charge in [0.05, 0.1) is 6.16 Å². The van der Waals surface area contributed by atoms with E-state index in [9.17, 15) is 14.5 Å². The summed E-state index contributed by atoms with van der Waals surface area (Å²) in [5.74, 6) is 0. The molecule has 0 saturated heterocycles. The predicted octanol–water partition coefficient (Wildman–Crippen LogP) is 0.0168. The second-order valence-electron chi connectivity index (χ2n) is 4.58. The van der Waals surface area contributed by atoms with Crippen molar-refractivity contribution in [3.05, 3.63) is 0 Å². The molecular weight excluding hydrogens is 268 g/mol. The Morgan fingerprint density at radius 2 is 1.78 bits per heavy atom. The van der Waals surface area contributed by atoms with Gasteiger partial charge in [-0.3, -0.25) is 9.36 Å². The van der Waals surface area contributed by atoms with Gasteiger partial charge in [-0.25, -0.2) is 0 Å². The van der Waals surface area contributed by atoms with Crippen LogP contribution in [0.3, 0.4) is 0 Å². The summed E-state index contributed by atoms with van der Waals surface area (Å²) in [6.07, 6.45) is 4.41. The van der Waals surface area contributed by atoms with Crippen LogP contribution in [0.4, 0.5) is 0 Å². The van der Waals surface area contributed by atoms with Crippen LogP contribution in [0.25, 0.3) is 0 Å². The molecule has 1 fully saturated rings. The van der Waals surface area contributed by atoms with Crippen LogP contribution in [0.2, 0.25) is 0 Å². The van der Waals surface area contributed by atoms with Crippen molar-refractivity contribution < 1.29 is 24.3 Å². The average Bonchev–Trinajstić information content (AvgIpc) is 2.23. The van der Waals surface area contributed by atoms with Crippen LogP contribution in [-0.2, 0) is 9.36 Å². The summed E-state index contributed by atoms with van der Waals surface area (Å²) >= 11 is 0. The summed E-state index contributed by atoms with van der Waals surface area (Å²) in [7, 11) is -4.02. The topological polar surface area (TPSA) is 98.1 Å².